The van der Waals surface area contributed by atoms with Crippen molar-refractivity contribution in [2.75, 3.05) is 19.6 Å². The molecule has 3 heteroatoms. The highest BCUT2D eigenvalue weighted by Crippen LogP contribution is 2.15. The van der Waals surface area contributed by atoms with Gasteiger partial charge < -0.3 is 10.6 Å². The van der Waals surface area contributed by atoms with Gasteiger partial charge in [-0.1, -0.05) is 13.0 Å². The molecule has 3 nitrogen and oxygen atoms in total. The highest BCUT2D eigenvalue weighted by molar-refractivity contribution is 5.08. The first-order chi connectivity index (χ1) is 7.75. The number of piperidine rings is 1. The van der Waals surface area contributed by atoms with Gasteiger partial charge in [-0.05, 0) is 36.9 Å². The van der Waals surface area contributed by atoms with E-state index in [9.17, 15) is 0 Å². The summed E-state index contributed by atoms with van der Waals surface area (Å²) < 4.78 is 0. The summed E-state index contributed by atoms with van der Waals surface area (Å²) in [4.78, 5) is 6.60. The van der Waals surface area contributed by atoms with E-state index in [2.05, 4.69) is 22.9 Å². The number of likely N-dealkylation sites (tertiary alicyclic amines) is 1. The Hall–Kier alpha value is -0.930. The Morgan fingerprint density at radius 2 is 2.44 bits per heavy atom. The molecule has 0 bridgehead atoms. The molecule has 2 unspecified atom stereocenters. The van der Waals surface area contributed by atoms with E-state index in [-0.39, 0.29) is 0 Å². The van der Waals surface area contributed by atoms with Gasteiger partial charge in [0.15, 0.2) is 0 Å². The van der Waals surface area contributed by atoms with Gasteiger partial charge >= 0.3 is 0 Å². The fraction of sp³-hybridized carbons (Fsp3) is 0.615. The molecule has 1 aromatic heterocycles. The number of rotatable bonds is 3. The predicted molar refractivity (Wildman–Crippen MR) is 66.1 cm³/mol. The molecule has 0 spiro atoms. The Labute approximate surface area is 97.7 Å². The third-order valence-corrected chi connectivity index (χ3v) is 3.54. The summed E-state index contributed by atoms with van der Waals surface area (Å²) in [6, 6.07) is 4.49. The van der Waals surface area contributed by atoms with Crippen LogP contribution in [0.25, 0.3) is 0 Å². The first-order valence-corrected chi connectivity index (χ1v) is 6.12. The molecule has 2 rings (SSSR count). The van der Waals surface area contributed by atoms with Crippen molar-refractivity contribution in [1.82, 2.24) is 9.88 Å². The molecule has 0 saturated carbocycles. The molecule has 16 heavy (non-hydrogen) atoms. The zero-order valence-electron chi connectivity index (χ0n) is 9.97. The van der Waals surface area contributed by atoms with E-state index in [0.29, 0.717) is 12.0 Å². The SMILES string of the molecule is CC1CCN(CCc2cccnc2)CC1N. The van der Waals surface area contributed by atoms with Gasteiger partial charge in [0.25, 0.3) is 0 Å². The van der Waals surface area contributed by atoms with Crippen molar-refractivity contribution in [3.63, 3.8) is 0 Å². The summed E-state index contributed by atoms with van der Waals surface area (Å²) in [5, 5.41) is 0. The number of aromatic nitrogens is 1. The Morgan fingerprint density at radius 1 is 1.56 bits per heavy atom. The molecule has 2 N–H and O–H groups in total. The Kier molecular flexibility index (Phi) is 3.91. The predicted octanol–water partition coefficient (Wildman–Crippen LogP) is 1.29. The maximum Gasteiger partial charge on any atom is 0.0300 e. The average molecular weight is 219 g/mol. The summed E-state index contributed by atoms with van der Waals surface area (Å²) >= 11 is 0. The Bertz CT molecular complexity index is 312. The van der Waals surface area contributed by atoms with E-state index < -0.39 is 0 Å². The van der Waals surface area contributed by atoms with Crippen molar-refractivity contribution in [2.45, 2.75) is 25.8 Å². The molecule has 1 aliphatic rings. The van der Waals surface area contributed by atoms with E-state index >= 15 is 0 Å². The number of nitrogens with two attached hydrogens (primary N) is 1. The van der Waals surface area contributed by atoms with Crippen molar-refractivity contribution in [2.24, 2.45) is 11.7 Å². The standard InChI is InChI=1S/C13H21N3/c1-11-4-7-16(10-13(11)14)8-5-12-3-2-6-15-9-12/h2-3,6,9,11,13H,4-5,7-8,10,14H2,1H3. The van der Waals surface area contributed by atoms with Crippen LogP contribution >= 0.6 is 0 Å². The van der Waals surface area contributed by atoms with Gasteiger partial charge in [0, 0.05) is 31.5 Å². The number of nitrogens with zero attached hydrogens (tertiary/aromatic N) is 2. The van der Waals surface area contributed by atoms with Gasteiger partial charge in [-0.15, -0.1) is 0 Å². The average Bonchev–Trinajstić information content (AvgIpc) is 2.32. The zero-order valence-corrected chi connectivity index (χ0v) is 9.97. The van der Waals surface area contributed by atoms with Crippen LogP contribution in [0.15, 0.2) is 24.5 Å². The maximum atomic E-state index is 6.08. The molecule has 2 heterocycles. The lowest BCUT2D eigenvalue weighted by Gasteiger charge is -2.35. The van der Waals surface area contributed by atoms with Gasteiger partial charge in [-0.2, -0.15) is 0 Å². The summed E-state index contributed by atoms with van der Waals surface area (Å²) in [5.74, 6) is 0.676. The van der Waals surface area contributed by atoms with Crippen LogP contribution in [0.2, 0.25) is 0 Å². The van der Waals surface area contributed by atoms with Gasteiger partial charge in [0.1, 0.15) is 0 Å². The van der Waals surface area contributed by atoms with E-state index in [0.717, 1.165) is 19.5 Å². The topological polar surface area (TPSA) is 42.2 Å². The minimum Gasteiger partial charge on any atom is -0.326 e. The molecule has 1 fully saturated rings. The molecule has 0 aliphatic carbocycles. The molecule has 1 aliphatic heterocycles. The van der Waals surface area contributed by atoms with Crippen molar-refractivity contribution in [3.8, 4) is 0 Å². The summed E-state index contributed by atoms with van der Waals surface area (Å²) in [6.07, 6.45) is 6.08. The Balaban J connectivity index is 1.79. The van der Waals surface area contributed by atoms with Crippen LogP contribution in [0.1, 0.15) is 18.9 Å². The normalized spacial score (nSPS) is 26.9. The quantitative estimate of drug-likeness (QED) is 0.833. The molecule has 1 aromatic rings. The maximum absolute atomic E-state index is 6.08. The lowest BCUT2D eigenvalue weighted by atomic mass is 9.94. The zero-order chi connectivity index (χ0) is 11.4. The molecular weight excluding hydrogens is 198 g/mol. The fourth-order valence-corrected chi connectivity index (χ4v) is 2.21. The van der Waals surface area contributed by atoms with Crippen molar-refractivity contribution < 1.29 is 0 Å². The van der Waals surface area contributed by atoms with Crippen molar-refractivity contribution in [1.29, 1.82) is 0 Å². The lowest BCUT2D eigenvalue weighted by molar-refractivity contribution is 0.170. The van der Waals surface area contributed by atoms with E-state index in [1.807, 2.05) is 18.5 Å². The third-order valence-electron chi connectivity index (χ3n) is 3.54. The van der Waals surface area contributed by atoms with Crippen LogP contribution in [0.3, 0.4) is 0 Å². The number of pyridine rings is 1. The van der Waals surface area contributed by atoms with Crippen LogP contribution in [0, 0.1) is 5.92 Å². The first-order valence-electron chi connectivity index (χ1n) is 6.12. The van der Waals surface area contributed by atoms with Crippen LogP contribution in [-0.2, 0) is 6.42 Å². The molecular formula is C13H21N3. The first kappa shape index (κ1) is 11.6. The number of hydrogen-bond donors (Lipinski definition) is 1. The highest BCUT2D eigenvalue weighted by atomic mass is 15.1. The van der Waals surface area contributed by atoms with Gasteiger partial charge in [-0.3, -0.25) is 4.98 Å². The number of hydrogen-bond acceptors (Lipinski definition) is 3. The lowest BCUT2D eigenvalue weighted by Crippen LogP contribution is -2.48. The fourth-order valence-electron chi connectivity index (χ4n) is 2.21. The molecule has 0 aromatic carbocycles. The molecule has 0 radical (unpaired) electrons. The highest BCUT2D eigenvalue weighted by Gasteiger charge is 2.22. The van der Waals surface area contributed by atoms with Gasteiger partial charge in [0.05, 0.1) is 0 Å². The van der Waals surface area contributed by atoms with E-state index in [4.69, 9.17) is 5.73 Å². The smallest absolute Gasteiger partial charge is 0.0300 e. The minimum atomic E-state index is 0.350. The van der Waals surface area contributed by atoms with E-state index in [1.165, 1.54) is 18.5 Å². The summed E-state index contributed by atoms with van der Waals surface area (Å²) in [7, 11) is 0. The second-order valence-corrected chi connectivity index (χ2v) is 4.84. The second kappa shape index (κ2) is 5.41. The summed E-state index contributed by atoms with van der Waals surface area (Å²) in [5.41, 5.74) is 7.40. The molecule has 2 atom stereocenters. The van der Waals surface area contributed by atoms with Crippen LogP contribution in [0.4, 0.5) is 0 Å². The second-order valence-electron chi connectivity index (χ2n) is 4.84. The summed E-state index contributed by atoms with van der Waals surface area (Å²) in [6.45, 7) is 5.59. The van der Waals surface area contributed by atoms with Crippen molar-refractivity contribution >= 4 is 0 Å². The molecule has 88 valence electrons. The molecule has 0 amide bonds. The Morgan fingerprint density at radius 3 is 3.12 bits per heavy atom. The molecule has 1 saturated heterocycles. The third kappa shape index (κ3) is 3.03. The van der Waals surface area contributed by atoms with Crippen molar-refractivity contribution in [3.05, 3.63) is 30.1 Å². The minimum absolute atomic E-state index is 0.350. The van der Waals surface area contributed by atoms with Gasteiger partial charge in [-0.25, -0.2) is 0 Å². The van der Waals surface area contributed by atoms with Gasteiger partial charge in [0.2, 0.25) is 0 Å². The monoisotopic (exact) mass is 219 g/mol. The van der Waals surface area contributed by atoms with E-state index in [1.54, 1.807) is 0 Å². The largest absolute Gasteiger partial charge is 0.326 e. The van der Waals surface area contributed by atoms with Crippen LogP contribution in [-0.4, -0.2) is 35.6 Å². The van der Waals surface area contributed by atoms with Crippen LogP contribution in [0.5, 0.6) is 0 Å². The van der Waals surface area contributed by atoms with Crippen LogP contribution < -0.4 is 5.73 Å².